The van der Waals surface area contributed by atoms with Gasteiger partial charge in [0.2, 0.25) is 11.9 Å². The summed E-state index contributed by atoms with van der Waals surface area (Å²) in [5, 5.41) is 9.08. The van der Waals surface area contributed by atoms with Crippen molar-refractivity contribution in [3.05, 3.63) is 42.2 Å². The van der Waals surface area contributed by atoms with Gasteiger partial charge in [-0.2, -0.15) is 0 Å². The van der Waals surface area contributed by atoms with Crippen LogP contribution in [0, 0.1) is 5.92 Å². The molecule has 7 nitrogen and oxygen atoms in total. The van der Waals surface area contributed by atoms with Gasteiger partial charge in [0.05, 0.1) is 6.54 Å². The first-order valence-electron chi connectivity index (χ1n) is 9.79. The van der Waals surface area contributed by atoms with Crippen LogP contribution in [0.2, 0.25) is 0 Å². The number of aliphatic hydroxyl groups is 1. The Hall–Kier alpha value is -2.51. The summed E-state index contributed by atoms with van der Waals surface area (Å²) in [6.45, 7) is 3.03. The highest BCUT2D eigenvalue weighted by atomic mass is 16.3. The van der Waals surface area contributed by atoms with Crippen molar-refractivity contribution in [2.24, 2.45) is 11.7 Å². The molecule has 1 aliphatic heterocycles. The number of hydrogen-bond acceptors (Lipinski definition) is 6. The Balaban J connectivity index is 1.63. The van der Waals surface area contributed by atoms with E-state index in [1.54, 1.807) is 0 Å². The summed E-state index contributed by atoms with van der Waals surface area (Å²) < 4.78 is 0. The van der Waals surface area contributed by atoms with Crippen molar-refractivity contribution in [3.8, 4) is 11.1 Å². The van der Waals surface area contributed by atoms with E-state index in [0.717, 1.165) is 55.0 Å². The molecule has 1 aliphatic rings. The molecule has 0 unspecified atom stereocenters. The van der Waals surface area contributed by atoms with Crippen LogP contribution in [0.4, 0.5) is 5.95 Å². The fraction of sp³-hybridized carbons (Fsp3) is 0.476. The summed E-state index contributed by atoms with van der Waals surface area (Å²) in [6, 6.07) is 8.17. The van der Waals surface area contributed by atoms with Crippen molar-refractivity contribution in [2.45, 2.75) is 25.8 Å². The molecule has 0 atom stereocenters. The third kappa shape index (κ3) is 5.50. The number of carbonyl (C=O) groups is 1. The zero-order valence-electron chi connectivity index (χ0n) is 16.4. The largest absolute Gasteiger partial charge is 0.396 e. The number of rotatable bonds is 8. The van der Waals surface area contributed by atoms with Crippen LogP contribution in [-0.4, -0.2) is 59.2 Å². The lowest BCUT2D eigenvalue weighted by Gasteiger charge is -2.31. The molecule has 1 amide bonds. The lowest BCUT2D eigenvalue weighted by atomic mass is 9.94. The van der Waals surface area contributed by atoms with Gasteiger partial charge in [-0.1, -0.05) is 18.2 Å². The predicted octanol–water partition coefficient (Wildman–Crippen LogP) is 1.66. The number of nitrogens with zero attached hydrogens (tertiary/aromatic N) is 4. The van der Waals surface area contributed by atoms with E-state index >= 15 is 0 Å². The minimum Gasteiger partial charge on any atom is -0.396 e. The van der Waals surface area contributed by atoms with Crippen molar-refractivity contribution in [1.82, 2.24) is 14.9 Å². The molecule has 1 aromatic heterocycles. The van der Waals surface area contributed by atoms with Crippen LogP contribution in [0.3, 0.4) is 0 Å². The fourth-order valence-corrected chi connectivity index (χ4v) is 3.72. The number of hydrogen-bond donors (Lipinski definition) is 2. The number of aromatic nitrogens is 2. The molecule has 0 aliphatic carbocycles. The van der Waals surface area contributed by atoms with Crippen molar-refractivity contribution < 1.29 is 9.90 Å². The van der Waals surface area contributed by atoms with Gasteiger partial charge in [0.25, 0.3) is 0 Å². The number of benzene rings is 1. The summed E-state index contributed by atoms with van der Waals surface area (Å²) >= 11 is 0. The van der Waals surface area contributed by atoms with Crippen LogP contribution in [0.5, 0.6) is 0 Å². The molecular weight excluding hydrogens is 354 g/mol. The number of piperidine rings is 1. The van der Waals surface area contributed by atoms with Crippen LogP contribution in [0.15, 0.2) is 36.7 Å². The molecule has 3 N–H and O–H groups in total. The van der Waals surface area contributed by atoms with Gasteiger partial charge in [-0.25, -0.2) is 9.97 Å². The molecule has 28 heavy (non-hydrogen) atoms. The van der Waals surface area contributed by atoms with Gasteiger partial charge in [-0.3, -0.25) is 9.69 Å². The highest BCUT2D eigenvalue weighted by molar-refractivity contribution is 5.75. The number of primary amides is 1. The summed E-state index contributed by atoms with van der Waals surface area (Å²) in [4.78, 5) is 24.3. The van der Waals surface area contributed by atoms with Gasteiger partial charge < -0.3 is 15.7 Å². The number of amides is 1. The quantitative estimate of drug-likeness (QED) is 0.720. The van der Waals surface area contributed by atoms with Gasteiger partial charge in [0.1, 0.15) is 0 Å². The Morgan fingerprint density at radius 1 is 1.25 bits per heavy atom. The van der Waals surface area contributed by atoms with E-state index in [4.69, 9.17) is 10.8 Å². The lowest BCUT2D eigenvalue weighted by molar-refractivity contribution is -0.118. The predicted molar refractivity (Wildman–Crippen MR) is 110 cm³/mol. The fourth-order valence-electron chi connectivity index (χ4n) is 3.72. The number of nitrogens with two attached hydrogens (primary N) is 1. The molecule has 1 saturated heterocycles. The van der Waals surface area contributed by atoms with E-state index in [2.05, 4.69) is 20.9 Å². The van der Waals surface area contributed by atoms with E-state index < -0.39 is 0 Å². The third-order valence-corrected chi connectivity index (χ3v) is 5.21. The Kier molecular flexibility index (Phi) is 6.95. The number of aliphatic hydroxyl groups excluding tert-OH is 1. The van der Waals surface area contributed by atoms with E-state index in [9.17, 15) is 4.79 Å². The molecule has 0 radical (unpaired) electrons. The molecule has 7 heteroatoms. The molecule has 0 bridgehead atoms. The Bertz CT molecular complexity index is 773. The van der Waals surface area contributed by atoms with Crippen molar-refractivity contribution >= 4 is 11.9 Å². The van der Waals surface area contributed by atoms with Crippen LogP contribution in [-0.2, 0) is 11.3 Å². The van der Waals surface area contributed by atoms with E-state index in [-0.39, 0.29) is 19.1 Å². The number of anilines is 1. The summed E-state index contributed by atoms with van der Waals surface area (Å²) in [6.07, 6.45) is 6.78. The maximum absolute atomic E-state index is 11.1. The summed E-state index contributed by atoms with van der Waals surface area (Å²) in [5.74, 6) is 1.04. The lowest BCUT2D eigenvalue weighted by Crippen LogP contribution is -2.35. The minimum absolute atomic E-state index is 0.233. The summed E-state index contributed by atoms with van der Waals surface area (Å²) in [5.41, 5.74) is 8.39. The third-order valence-electron chi connectivity index (χ3n) is 5.21. The minimum atomic E-state index is -0.331. The van der Waals surface area contributed by atoms with Gasteiger partial charge in [-0.05, 0) is 49.4 Å². The normalized spacial score (nSPS) is 15.2. The number of carbonyl (C=O) groups excluding carboxylic acids is 1. The van der Waals surface area contributed by atoms with Gasteiger partial charge in [0.15, 0.2) is 0 Å². The first-order chi connectivity index (χ1) is 13.5. The highest BCUT2D eigenvalue weighted by Crippen LogP contribution is 2.24. The SMILES string of the molecule is CN(CC(N)=O)Cc1cccc(-c2cnc(N3CCC(CCO)CC3)nc2)c1. The van der Waals surface area contributed by atoms with Crippen molar-refractivity contribution in [2.75, 3.05) is 38.2 Å². The Morgan fingerprint density at radius 2 is 1.96 bits per heavy atom. The molecule has 1 aromatic carbocycles. The molecule has 0 spiro atoms. The average molecular weight is 383 g/mol. The number of likely N-dealkylation sites (N-methyl/N-ethyl adjacent to an activating group) is 1. The molecule has 2 heterocycles. The van der Waals surface area contributed by atoms with Crippen molar-refractivity contribution in [3.63, 3.8) is 0 Å². The van der Waals surface area contributed by atoms with Gasteiger partial charge >= 0.3 is 0 Å². The average Bonchev–Trinajstić information content (AvgIpc) is 2.68. The molecule has 3 rings (SSSR count). The Labute approximate surface area is 166 Å². The zero-order chi connectivity index (χ0) is 19.9. The molecule has 1 fully saturated rings. The van der Waals surface area contributed by atoms with Crippen LogP contribution < -0.4 is 10.6 Å². The van der Waals surface area contributed by atoms with E-state index in [1.807, 2.05) is 42.5 Å². The second-order valence-corrected chi connectivity index (χ2v) is 7.55. The second-order valence-electron chi connectivity index (χ2n) is 7.55. The maximum atomic E-state index is 11.1. The molecule has 2 aromatic rings. The Morgan fingerprint density at radius 3 is 2.61 bits per heavy atom. The maximum Gasteiger partial charge on any atom is 0.231 e. The monoisotopic (exact) mass is 383 g/mol. The first kappa shape index (κ1) is 20.2. The first-order valence-corrected chi connectivity index (χ1v) is 9.79. The molecular formula is C21H29N5O2. The van der Waals surface area contributed by atoms with E-state index in [1.165, 1.54) is 0 Å². The zero-order valence-corrected chi connectivity index (χ0v) is 16.4. The molecule has 0 saturated carbocycles. The summed E-state index contributed by atoms with van der Waals surface area (Å²) in [7, 11) is 1.87. The van der Waals surface area contributed by atoms with Crippen LogP contribution >= 0.6 is 0 Å². The highest BCUT2D eigenvalue weighted by Gasteiger charge is 2.20. The van der Waals surface area contributed by atoms with Crippen LogP contribution in [0.25, 0.3) is 11.1 Å². The van der Waals surface area contributed by atoms with Gasteiger partial charge in [-0.15, -0.1) is 0 Å². The van der Waals surface area contributed by atoms with Crippen LogP contribution in [0.1, 0.15) is 24.8 Å². The standard InChI is InChI=1S/C21H29N5O2/c1-25(15-20(22)28)14-17-3-2-4-18(11-17)19-12-23-21(24-13-19)26-8-5-16(6-9-26)7-10-27/h2-4,11-13,16,27H,5-10,14-15H2,1H3,(H2,22,28). The smallest absolute Gasteiger partial charge is 0.231 e. The molecule has 150 valence electrons. The second kappa shape index (κ2) is 9.61. The van der Waals surface area contributed by atoms with Gasteiger partial charge in [0, 0.05) is 44.2 Å². The van der Waals surface area contributed by atoms with E-state index in [0.29, 0.717) is 12.5 Å². The topological polar surface area (TPSA) is 95.6 Å². The van der Waals surface area contributed by atoms with Crippen molar-refractivity contribution in [1.29, 1.82) is 0 Å².